The molecule has 2 unspecified atom stereocenters. The van der Waals surface area contributed by atoms with Gasteiger partial charge < -0.3 is 15.5 Å². The number of benzene rings is 2. The van der Waals surface area contributed by atoms with Crippen LogP contribution in [0.5, 0.6) is 0 Å². The molecule has 0 aliphatic rings. The van der Waals surface area contributed by atoms with Gasteiger partial charge in [0.05, 0.1) is 43.7 Å². The molecule has 0 fully saturated rings. The number of halogens is 4. The van der Waals surface area contributed by atoms with Crippen LogP contribution < -0.4 is 5.32 Å². The molecule has 170 valence electrons. The van der Waals surface area contributed by atoms with E-state index in [1.807, 2.05) is 5.32 Å². The van der Waals surface area contributed by atoms with Gasteiger partial charge >= 0.3 is 6.18 Å². The Bertz CT molecular complexity index is 1100. The third-order valence-corrected chi connectivity index (χ3v) is 7.60. The van der Waals surface area contributed by atoms with Crippen LogP contribution in [-0.4, -0.2) is 52.9 Å². The summed E-state index contributed by atoms with van der Waals surface area (Å²) < 4.78 is 75.7. The minimum Gasteiger partial charge on any atom is -0.395 e. The molecule has 0 bridgehead atoms. The number of sulfone groups is 1. The number of anilines is 1. The van der Waals surface area contributed by atoms with Crippen LogP contribution in [0.4, 0.5) is 18.9 Å². The minimum absolute atomic E-state index is 0.00386. The van der Waals surface area contributed by atoms with Crippen molar-refractivity contribution >= 4 is 43.8 Å². The van der Waals surface area contributed by atoms with Crippen molar-refractivity contribution in [2.75, 3.05) is 17.7 Å². The Morgan fingerprint density at radius 3 is 2.16 bits per heavy atom. The molecule has 0 radical (unpaired) electrons. The van der Waals surface area contributed by atoms with Crippen molar-refractivity contribution in [2.45, 2.75) is 33.4 Å². The number of aliphatic hydroxyl groups excluding tert-OH is 1. The number of alkyl halides is 3. The fourth-order valence-corrected chi connectivity index (χ4v) is 4.66. The fraction of sp³-hybridized carbons (Fsp3) is 0.278. The quantitative estimate of drug-likeness (QED) is 0.538. The summed E-state index contributed by atoms with van der Waals surface area (Å²) in [6, 6.07) is 8.03. The third-order valence-electron chi connectivity index (χ3n) is 4.17. The van der Waals surface area contributed by atoms with Gasteiger partial charge in [-0.3, -0.25) is 9.00 Å². The molecule has 0 saturated carbocycles. The molecule has 13 heteroatoms. The summed E-state index contributed by atoms with van der Waals surface area (Å²) in [4.78, 5) is 11.6. The molecule has 0 heterocycles. The summed E-state index contributed by atoms with van der Waals surface area (Å²) >= 11 is 5.93. The summed E-state index contributed by atoms with van der Waals surface area (Å²) in [5.41, 5.74) is -4.01. The molecule has 2 aromatic carbocycles. The van der Waals surface area contributed by atoms with Gasteiger partial charge in [0.2, 0.25) is 15.4 Å². The molecule has 2 aromatic rings. The number of amides is 1. The zero-order chi connectivity index (χ0) is 23.6. The van der Waals surface area contributed by atoms with Gasteiger partial charge in [-0.05, 0) is 49.4 Å². The highest BCUT2D eigenvalue weighted by Crippen LogP contribution is 2.33. The van der Waals surface area contributed by atoms with Gasteiger partial charge in [0.15, 0.2) is 0 Å². The summed E-state index contributed by atoms with van der Waals surface area (Å²) in [6.45, 7) is -0.0290. The molecule has 0 aromatic heterocycles. The summed E-state index contributed by atoms with van der Waals surface area (Å²) in [6.07, 6.45) is -5.24. The lowest BCUT2D eigenvalue weighted by atomic mass is 10.1. The Morgan fingerprint density at radius 2 is 1.68 bits per heavy atom. The van der Waals surface area contributed by atoms with E-state index in [2.05, 4.69) is 0 Å². The van der Waals surface area contributed by atoms with E-state index in [4.69, 9.17) is 16.7 Å². The first-order chi connectivity index (χ1) is 14.2. The largest absolute Gasteiger partial charge is 0.426 e. The number of aliphatic hydroxyl groups is 2. The lowest BCUT2D eigenvalue weighted by molar-refractivity contribution is -0.242. The second-order valence-corrected chi connectivity index (χ2v) is 10.3. The summed E-state index contributed by atoms with van der Waals surface area (Å²) in [5.74, 6) is -1.79. The number of hydrogen-bond acceptors (Lipinski definition) is 6. The van der Waals surface area contributed by atoms with Gasteiger partial charge in [0.25, 0.3) is 5.91 Å². The Kier molecular flexibility index (Phi) is 7.54. The zero-order valence-corrected chi connectivity index (χ0v) is 18.2. The average Bonchev–Trinajstić information content (AvgIpc) is 2.68. The summed E-state index contributed by atoms with van der Waals surface area (Å²) in [5, 5.41) is 19.7. The number of carbonyl (C=O) groups excluding carboxylic acids is 1. The number of hydrogen-bond donors (Lipinski definition) is 3. The minimum atomic E-state index is -5.24. The van der Waals surface area contributed by atoms with Crippen molar-refractivity contribution < 1.29 is 40.8 Å². The van der Waals surface area contributed by atoms with Crippen LogP contribution in [-0.2, 0) is 25.4 Å². The van der Waals surface area contributed by atoms with Crippen molar-refractivity contribution in [2.24, 2.45) is 0 Å². The second kappa shape index (κ2) is 9.25. The molecule has 31 heavy (non-hydrogen) atoms. The molecule has 1 amide bonds. The van der Waals surface area contributed by atoms with Crippen molar-refractivity contribution in [3.05, 3.63) is 47.5 Å². The number of rotatable bonds is 7. The molecular weight excluding hydrogens is 483 g/mol. The van der Waals surface area contributed by atoms with E-state index in [1.54, 1.807) is 0 Å². The van der Waals surface area contributed by atoms with E-state index in [-0.39, 0.29) is 39.8 Å². The highest BCUT2D eigenvalue weighted by molar-refractivity contribution is 7.91. The molecule has 2 atom stereocenters. The summed E-state index contributed by atoms with van der Waals surface area (Å²) in [7, 11) is -5.58. The van der Waals surface area contributed by atoms with Gasteiger partial charge in [0, 0.05) is 4.90 Å². The first-order valence-corrected chi connectivity index (χ1v) is 11.6. The van der Waals surface area contributed by atoms with Gasteiger partial charge in [-0.15, -0.1) is 0 Å². The maximum absolute atomic E-state index is 12.8. The van der Waals surface area contributed by atoms with E-state index < -0.39 is 38.3 Å². The molecule has 0 saturated heterocycles. The predicted molar refractivity (Wildman–Crippen MR) is 107 cm³/mol. The lowest BCUT2D eigenvalue weighted by Gasteiger charge is -2.25. The number of nitrogens with one attached hydrogen (secondary N) is 1. The van der Waals surface area contributed by atoms with Crippen LogP contribution in [0.2, 0.25) is 5.02 Å². The maximum Gasteiger partial charge on any atom is 0.426 e. The lowest BCUT2D eigenvalue weighted by Crippen LogP contribution is -2.52. The van der Waals surface area contributed by atoms with E-state index in [1.165, 1.54) is 24.3 Å². The fourth-order valence-electron chi connectivity index (χ4n) is 2.24. The standard InChI is InChI=1S/C18H17ClF3NO6S2/c1-17(26,18(20,21)22)16(25)23-15-7-6-13(10-14(15)19)31(28,29)12-4-2-11(3-5-12)30(27)9-8-24/h2-7,10,24,26H,8-9H2,1H3,(H,23,25). The Morgan fingerprint density at radius 1 is 1.13 bits per heavy atom. The van der Waals surface area contributed by atoms with E-state index >= 15 is 0 Å². The monoisotopic (exact) mass is 499 g/mol. The van der Waals surface area contributed by atoms with Crippen molar-refractivity contribution in [3.8, 4) is 0 Å². The van der Waals surface area contributed by atoms with Crippen LogP contribution >= 0.6 is 11.6 Å². The van der Waals surface area contributed by atoms with E-state index in [0.29, 0.717) is 4.90 Å². The van der Waals surface area contributed by atoms with Gasteiger partial charge in [0.1, 0.15) is 0 Å². The van der Waals surface area contributed by atoms with Crippen LogP contribution in [0.15, 0.2) is 57.2 Å². The smallest absolute Gasteiger partial charge is 0.395 e. The molecule has 7 nitrogen and oxygen atoms in total. The first-order valence-electron chi connectivity index (χ1n) is 8.46. The average molecular weight is 500 g/mol. The van der Waals surface area contributed by atoms with Gasteiger partial charge in [-0.25, -0.2) is 8.42 Å². The van der Waals surface area contributed by atoms with Gasteiger partial charge in [-0.1, -0.05) is 11.6 Å². The molecule has 0 spiro atoms. The zero-order valence-electron chi connectivity index (χ0n) is 15.8. The Labute approximate surface area is 183 Å². The normalized spacial score (nSPS) is 15.2. The molecular formula is C18H17ClF3NO6S2. The molecule has 0 aliphatic carbocycles. The van der Waals surface area contributed by atoms with Crippen molar-refractivity contribution in [1.82, 2.24) is 0 Å². The Hall–Kier alpha value is -1.99. The molecule has 2 rings (SSSR count). The molecule has 0 aliphatic heterocycles. The first kappa shape index (κ1) is 25.3. The second-order valence-electron chi connectivity index (χ2n) is 6.41. The van der Waals surface area contributed by atoms with Crippen molar-refractivity contribution in [1.29, 1.82) is 0 Å². The highest BCUT2D eigenvalue weighted by atomic mass is 35.5. The van der Waals surface area contributed by atoms with Crippen molar-refractivity contribution in [3.63, 3.8) is 0 Å². The van der Waals surface area contributed by atoms with E-state index in [0.717, 1.165) is 18.2 Å². The van der Waals surface area contributed by atoms with Crippen LogP contribution in [0.25, 0.3) is 0 Å². The predicted octanol–water partition coefficient (Wildman–Crippen LogP) is 2.52. The van der Waals surface area contributed by atoms with Crippen LogP contribution in [0.1, 0.15) is 6.92 Å². The topological polar surface area (TPSA) is 121 Å². The maximum atomic E-state index is 12.8. The van der Waals surface area contributed by atoms with Crippen LogP contribution in [0.3, 0.4) is 0 Å². The van der Waals surface area contributed by atoms with Gasteiger partial charge in [-0.2, -0.15) is 13.2 Å². The highest BCUT2D eigenvalue weighted by Gasteiger charge is 2.55. The van der Waals surface area contributed by atoms with Crippen LogP contribution in [0, 0.1) is 0 Å². The van der Waals surface area contributed by atoms with E-state index in [9.17, 15) is 35.7 Å². The Balaban J connectivity index is 2.29. The molecule has 3 N–H and O–H groups in total. The SMILES string of the molecule is CC(O)(C(=O)Nc1ccc(S(=O)(=O)c2ccc(S(=O)CCO)cc2)cc1Cl)C(F)(F)F. The third kappa shape index (κ3) is 5.44. The number of carbonyl (C=O) groups is 1.